The molecule has 126 valence electrons. The van der Waals surface area contributed by atoms with Gasteiger partial charge in [0.1, 0.15) is 0 Å². The normalized spacial score (nSPS) is 23.5. The van der Waals surface area contributed by atoms with Gasteiger partial charge in [0.05, 0.1) is 0 Å². The predicted molar refractivity (Wildman–Crippen MR) is 95.9 cm³/mol. The molecule has 7 heteroatoms. The monoisotopic (exact) mass is 343 g/mol. The fourth-order valence-corrected chi connectivity index (χ4v) is 3.86. The SMILES string of the molecule is CNSC1C=CC(c2cccn3nc(NC(=O)C4CC4)nc23)CC1. The van der Waals surface area contributed by atoms with Gasteiger partial charge in [-0.3, -0.25) is 14.8 Å². The van der Waals surface area contributed by atoms with E-state index in [2.05, 4.69) is 38.3 Å². The number of hydrogen-bond acceptors (Lipinski definition) is 5. The number of aromatic nitrogens is 3. The maximum absolute atomic E-state index is 11.9. The Morgan fingerprint density at radius 1 is 1.29 bits per heavy atom. The standard InChI is InChI=1S/C17H21N5OS/c1-18-24-13-8-6-11(7-9-13)14-3-2-10-22-15(14)19-17(21-22)20-16(23)12-4-5-12/h2-3,6,8,10-13,18H,4-5,7,9H2,1H3,(H,20,21,23). The van der Waals surface area contributed by atoms with Crippen LogP contribution in [0.15, 0.2) is 30.5 Å². The Morgan fingerprint density at radius 2 is 2.17 bits per heavy atom. The molecule has 2 aromatic heterocycles. The predicted octanol–water partition coefficient (Wildman–Crippen LogP) is 2.75. The topological polar surface area (TPSA) is 71.3 Å². The highest BCUT2D eigenvalue weighted by molar-refractivity contribution is 7.98. The number of anilines is 1. The highest BCUT2D eigenvalue weighted by Gasteiger charge is 2.30. The van der Waals surface area contributed by atoms with E-state index in [1.54, 1.807) is 16.5 Å². The van der Waals surface area contributed by atoms with Crippen molar-refractivity contribution in [3.05, 3.63) is 36.0 Å². The second-order valence-corrected chi connectivity index (χ2v) is 7.61. The molecule has 2 atom stereocenters. The zero-order valence-corrected chi connectivity index (χ0v) is 14.4. The number of fused-ring (bicyclic) bond motifs is 1. The number of carbonyl (C=O) groups excluding carboxylic acids is 1. The lowest BCUT2D eigenvalue weighted by Gasteiger charge is -2.22. The number of carbonyl (C=O) groups is 1. The van der Waals surface area contributed by atoms with Crippen LogP contribution < -0.4 is 10.0 Å². The summed E-state index contributed by atoms with van der Waals surface area (Å²) >= 11 is 1.76. The van der Waals surface area contributed by atoms with Gasteiger partial charge < -0.3 is 0 Å². The minimum absolute atomic E-state index is 0.0388. The molecular weight excluding hydrogens is 322 g/mol. The molecule has 0 aromatic carbocycles. The van der Waals surface area contributed by atoms with Crippen molar-refractivity contribution in [3.63, 3.8) is 0 Å². The minimum Gasteiger partial charge on any atom is -0.293 e. The molecule has 2 heterocycles. The first kappa shape index (κ1) is 15.7. The number of nitrogens with one attached hydrogen (secondary N) is 2. The van der Waals surface area contributed by atoms with E-state index in [-0.39, 0.29) is 11.8 Å². The third-order valence-corrected chi connectivity index (χ3v) is 5.50. The van der Waals surface area contributed by atoms with Crippen LogP contribution in [0.4, 0.5) is 5.95 Å². The van der Waals surface area contributed by atoms with Crippen LogP contribution in [0, 0.1) is 5.92 Å². The number of rotatable bonds is 5. The van der Waals surface area contributed by atoms with E-state index in [0.29, 0.717) is 17.1 Å². The molecule has 0 bridgehead atoms. The van der Waals surface area contributed by atoms with Gasteiger partial charge in [-0.2, -0.15) is 4.98 Å². The molecule has 2 unspecified atom stereocenters. The molecule has 0 aliphatic heterocycles. The molecule has 0 spiro atoms. The van der Waals surface area contributed by atoms with Crippen LogP contribution in [-0.2, 0) is 4.79 Å². The summed E-state index contributed by atoms with van der Waals surface area (Å²) < 4.78 is 4.92. The van der Waals surface area contributed by atoms with Crippen LogP contribution in [0.3, 0.4) is 0 Å². The van der Waals surface area contributed by atoms with Crippen LogP contribution in [-0.4, -0.2) is 32.8 Å². The maximum Gasteiger partial charge on any atom is 0.249 e. The molecule has 4 rings (SSSR count). The molecule has 24 heavy (non-hydrogen) atoms. The molecule has 0 saturated heterocycles. The summed E-state index contributed by atoms with van der Waals surface area (Å²) in [7, 11) is 1.96. The van der Waals surface area contributed by atoms with Gasteiger partial charge in [-0.25, -0.2) is 4.52 Å². The molecule has 2 aromatic rings. The van der Waals surface area contributed by atoms with Gasteiger partial charge in [0, 0.05) is 28.8 Å². The highest BCUT2D eigenvalue weighted by atomic mass is 32.2. The van der Waals surface area contributed by atoms with E-state index >= 15 is 0 Å². The summed E-state index contributed by atoms with van der Waals surface area (Å²) in [6.45, 7) is 0. The maximum atomic E-state index is 11.9. The Kier molecular flexibility index (Phi) is 4.28. The van der Waals surface area contributed by atoms with Crippen LogP contribution in [0.1, 0.15) is 37.2 Å². The zero-order valence-electron chi connectivity index (χ0n) is 13.6. The molecule has 2 N–H and O–H groups in total. The third kappa shape index (κ3) is 3.18. The van der Waals surface area contributed by atoms with E-state index in [1.165, 1.54) is 5.56 Å². The first-order valence-electron chi connectivity index (χ1n) is 8.41. The number of amides is 1. The Balaban J connectivity index is 1.58. The Labute approximate surface area is 145 Å². The summed E-state index contributed by atoms with van der Waals surface area (Å²) in [6.07, 6.45) is 10.6. The molecule has 1 fully saturated rings. The van der Waals surface area contributed by atoms with Crippen LogP contribution in [0.2, 0.25) is 0 Å². The van der Waals surface area contributed by atoms with Crippen molar-refractivity contribution in [3.8, 4) is 0 Å². The Hall–Kier alpha value is -1.86. The zero-order chi connectivity index (χ0) is 16.5. The fourth-order valence-electron chi connectivity index (χ4n) is 3.13. The van der Waals surface area contributed by atoms with Gasteiger partial charge in [-0.15, -0.1) is 5.10 Å². The molecule has 1 saturated carbocycles. The van der Waals surface area contributed by atoms with E-state index in [0.717, 1.165) is 31.3 Å². The highest BCUT2D eigenvalue weighted by Crippen LogP contribution is 2.33. The molecule has 2 aliphatic rings. The van der Waals surface area contributed by atoms with Gasteiger partial charge in [-0.05, 0) is 38.8 Å². The van der Waals surface area contributed by atoms with Crippen molar-refractivity contribution in [1.29, 1.82) is 0 Å². The van der Waals surface area contributed by atoms with Crippen molar-refractivity contribution in [2.75, 3.05) is 12.4 Å². The average Bonchev–Trinajstić information content (AvgIpc) is 3.36. The third-order valence-electron chi connectivity index (χ3n) is 4.56. The van der Waals surface area contributed by atoms with Crippen molar-refractivity contribution in [2.45, 2.75) is 36.9 Å². The average molecular weight is 343 g/mol. The van der Waals surface area contributed by atoms with Crippen LogP contribution in [0.25, 0.3) is 5.65 Å². The molecule has 2 aliphatic carbocycles. The Morgan fingerprint density at radius 3 is 2.88 bits per heavy atom. The molecule has 0 radical (unpaired) electrons. The summed E-state index contributed by atoms with van der Waals surface area (Å²) in [5, 5.41) is 7.76. The van der Waals surface area contributed by atoms with Crippen molar-refractivity contribution in [2.24, 2.45) is 5.92 Å². The van der Waals surface area contributed by atoms with Gasteiger partial charge in [0.2, 0.25) is 11.9 Å². The van der Waals surface area contributed by atoms with E-state index in [9.17, 15) is 4.79 Å². The largest absolute Gasteiger partial charge is 0.293 e. The molecule has 6 nitrogen and oxygen atoms in total. The summed E-state index contributed by atoms with van der Waals surface area (Å²) in [5.41, 5.74) is 2.00. The fraction of sp³-hybridized carbons (Fsp3) is 0.471. The summed E-state index contributed by atoms with van der Waals surface area (Å²) in [4.78, 5) is 16.5. The molecule has 1 amide bonds. The van der Waals surface area contributed by atoms with E-state index < -0.39 is 0 Å². The van der Waals surface area contributed by atoms with Gasteiger partial charge in [-0.1, -0.05) is 30.2 Å². The lowest BCUT2D eigenvalue weighted by molar-refractivity contribution is -0.117. The van der Waals surface area contributed by atoms with Gasteiger partial charge in [0.15, 0.2) is 5.65 Å². The second kappa shape index (κ2) is 6.57. The van der Waals surface area contributed by atoms with Crippen molar-refractivity contribution >= 4 is 29.5 Å². The van der Waals surface area contributed by atoms with E-state index in [1.807, 2.05) is 19.3 Å². The van der Waals surface area contributed by atoms with Crippen LogP contribution in [0.5, 0.6) is 0 Å². The summed E-state index contributed by atoms with van der Waals surface area (Å²) in [5.74, 6) is 0.942. The van der Waals surface area contributed by atoms with Gasteiger partial charge >= 0.3 is 0 Å². The number of nitrogens with zero attached hydrogens (tertiary/aromatic N) is 3. The first-order valence-corrected chi connectivity index (χ1v) is 9.29. The molecular formula is C17H21N5OS. The van der Waals surface area contributed by atoms with Gasteiger partial charge in [0.25, 0.3) is 0 Å². The minimum atomic E-state index is 0.0388. The number of pyridine rings is 1. The first-order chi connectivity index (χ1) is 11.7. The number of hydrogen-bond donors (Lipinski definition) is 2. The quantitative estimate of drug-likeness (QED) is 0.645. The second-order valence-electron chi connectivity index (χ2n) is 6.36. The lowest BCUT2D eigenvalue weighted by Crippen LogP contribution is -2.14. The van der Waals surface area contributed by atoms with Crippen molar-refractivity contribution in [1.82, 2.24) is 19.3 Å². The lowest BCUT2D eigenvalue weighted by atomic mass is 9.90. The number of allylic oxidation sites excluding steroid dienone is 1. The summed E-state index contributed by atoms with van der Waals surface area (Å²) in [6, 6.07) is 4.10. The van der Waals surface area contributed by atoms with Crippen LogP contribution >= 0.6 is 11.9 Å². The smallest absolute Gasteiger partial charge is 0.249 e. The van der Waals surface area contributed by atoms with Crippen molar-refractivity contribution < 1.29 is 4.79 Å². The Bertz CT molecular complexity index is 782. The van der Waals surface area contributed by atoms with E-state index in [4.69, 9.17) is 0 Å².